The van der Waals surface area contributed by atoms with E-state index in [-0.39, 0.29) is 0 Å². The van der Waals surface area contributed by atoms with E-state index in [0.29, 0.717) is 6.04 Å². The maximum absolute atomic E-state index is 6.11. The summed E-state index contributed by atoms with van der Waals surface area (Å²) in [7, 11) is 1.71. The van der Waals surface area contributed by atoms with Crippen molar-refractivity contribution < 1.29 is 4.74 Å². The second kappa shape index (κ2) is 4.88. The number of ether oxygens (including phenoxy) is 1. The van der Waals surface area contributed by atoms with Gasteiger partial charge >= 0.3 is 0 Å². The van der Waals surface area contributed by atoms with Crippen molar-refractivity contribution in [3.63, 3.8) is 0 Å². The smallest absolute Gasteiger partial charge is 0.119 e. The molecule has 0 amide bonds. The fourth-order valence-corrected chi connectivity index (χ4v) is 2.16. The summed E-state index contributed by atoms with van der Waals surface area (Å²) >= 11 is 0. The molecule has 1 aliphatic rings. The largest absolute Gasteiger partial charge is 0.497 e. The lowest BCUT2D eigenvalue weighted by Gasteiger charge is -2.12. The first-order valence-corrected chi connectivity index (χ1v) is 6.10. The summed E-state index contributed by atoms with van der Waals surface area (Å²) in [5, 5.41) is 0. The van der Waals surface area contributed by atoms with Gasteiger partial charge in [0.05, 0.1) is 7.11 Å². The average Bonchev–Trinajstić information content (AvgIpc) is 3.10. The Bertz CT molecular complexity index is 358. The van der Waals surface area contributed by atoms with Crippen molar-refractivity contribution in [2.45, 2.75) is 38.6 Å². The van der Waals surface area contributed by atoms with Gasteiger partial charge in [-0.1, -0.05) is 6.07 Å². The van der Waals surface area contributed by atoms with Crippen LogP contribution in [-0.2, 0) is 6.42 Å². The first kappa shape index (κ1) is 11.5. The first-order chi connectivity index (χ1) is 7.70. The Morgan fingerprint density at radius 2 is 2.19 bits per heavy atom. The van der Waals surface area contributed by atoms with Crippen LogP contribution in [0, 0.1) is 12.8 Å². The molecule has 0 aliphatic heterocycles. The zero-order valence-corrected chi connectivity index (χ0v) is 10.2. The molecular formula is C14H21NO. The van der Waals surface area contributed by atoms with Crippen LogP contribution in [-0.4, -0.2) is 13.2 Å². The van der Waals surface area contributed by atoms with E-state index in [1.54, 1.807) is 7.11 Å². The van der Waals surface area contributed by atoms with Crippen LogP contribution in [0.15, 0.2) is 18.2 Å². The predicted molar refractivity (Wildman–Crippen MR) is 66.8 cm³/mol. The van der Waals surface area contributed by atoms with Crippen LogP contribution >= 0.6 is 0 Å². The van der Waals surface area contributed by atoms with Crippen molar-refractivity contribution in [2.24, 2.45) is 11.7 Å². The summed E-state index contributed by atoms with van der Waals surface area (Å²) in [5.41, 5.74) is 8.82. The van der Waals surface area contributed by atoms with Gasteiger partial charge in [-0.2, -0.15) is 0 Å². The van der Waals surface area contributed by atoms with Gasteiger partial charge in [-0.15, -0.1) is 0 Å². The standard InChI is InChI=1S/C14H21NO/c1-10-9-13(16-2)7-5-11(10)6-8-14(15)12-3-4-12/h5,7,9,12,14H,3-4,6,8,15H2,1-2H3. The van der Waals surface area contributed by atoms with Crippen molar-refractivity contribution in [1.29, 1.82) is 0 Å². The van der Waals surface area contributed by atoms with Crippen molar-refractivity contribution in [3.8, 4) is 5.75 Å². The Balaban J connectivity index is 1.92. The van der Waals surface area contributed by atoms with E-state index in [4.69, 9.17) is 10.5 Å². The SMILES string of the molecule is COc1ccc(CCC(N)C2CC2)c(C)c1. The third-order valence-corrected chi connectivity index (χ3v) is 3.52. The molecule has 1 atom stereocenters. The molecule has 1 aromatic carbocycles. The first-order valence-electron chi connectivity index (χ1n) is 6.10. The summed E-state index contributed by atoms with van der Waals surface area (Å²) < 4.78 is 5.20. The maximum Gasteiger partial charge on any atom is 0.119 e. The van der Waals surface area contributed by atoms with E-state index >= 15 is 0 Å². The van der Waals surface area contributed by atoms with Gasteiger partial charge in [0.2, 0.25) is 0 Å². The maximum atomic E-state index is 6.11. The summed E-state index contributed by atoms with van der Waals surface area (Å²) in [6, 6.07) is 6.69. The lowest BCUT2D eigenvalue weighted by Crippen LogP contribution is -2.23. The van der Waals surface area contributed by atoms with E-state index in [0.717, 1.165) is 24.5 Å². The van der Waals surface area contributed by atoms with Gasteiger partial charge in [0.1, 0.15) is 5.75 Å². The lowest BCUT2D eigenvalue weighted by atomic mass is 9.99. The normalized spacial score (nSPS) is 17.2. The Morgan fingerprint density at radius 1 is 1.44 bits per heavy atom. The molecule has 1 aliphatic carbocycles. The van der Waals surface area contributed by atoms with E-state index < -0.39 is 0 Å². The summed E-state index contributed by atoms with van der Waals surface area (Å²) in [6.45, 7) is 2.14. The molecule has 2 N–H and O–H groups in total. The molecular weight excluding hydrogens is 198 g/mol. The van der Waals surface area contributed by atoms with Crippen molar-refractivity contribution >= 4 is 0 Å². The molecule has 0 radical (unpaired) electrons. The van der Waals surface area contributed by atoms with Gasteiger partial charge < -0.3 is 10.5 Å². The minimum Gasteiger partial charge on any atom is -0.497 e. The van der Waals surface area contributed by atoms with Crippen molar-refractivity contribution in [2.75, 3.05) is 7.11 Å². The molecule has 2 nitrogen and oxygen atoms in total. The Morgan fingerprint density at radius 3 is 2.75 bits per heavy atom. The third-order valence-electron chi connectivity index (χ3n) is 3.52. The van der Waals surface area contributed by atoms with Crippen LogP contribution in [0.1, 0.15) is 30.4 Å². The van der Waals surface area contributed by atoms with Crippen LogP contribution in [0.2, 0.25) is 0 Å². The highest BCUT2D eigenvalue weighted by atomic mass is 16.5. The fourth-order valence-electron chi connectivity index (χ4n) is 2.16. The summed E-state index contributed by atoms with van der Waals surface area (Å²) in [6.07, 6.45) is 4.87. The van der Waals surface area contributed by atoms with Crippen LogP contribution in [0.3, 0.4) is 0 Å². The lowest BCUT2D eigenvalue weighted by molar-refractivity contribution is 0.414. The molecule has 88 valence electrons. The highest BCUT2D eigenvalue weighted by Gasteiger charge is 2.27. The van der Waals surface area contributed by atoms with Gasteiger partial charge in [-0.05, 0) is 61.8 Å². The Hall–Kier alpha value is -1.02. The second-order valence-corrected chi connectivity index (χ2v) is 4.83. The fraction of sp³-hybridized carbons (Fsp3) is 0.571. The molecule has 0 heterocycles. The van der Waals surface area contributed by atoms with Gasteiger partial charge in [0, 0.05) is 6.04 Å². The van der Waals surface area contributed by atoms with Gasteiger partial charge in [0.25, 0.3) is 0 Å². The molecule has 0 saturated heterocycles. The number of methoxy groups -OCH3 is 1. The Labute approximate surface area is 97.8 Å². The van der Waals surface area contributed by atoms with Crippen molar-refractivity contribution in [1.82, 2.24) is 0 Å². The van der Waals surface area contributed by atoms with E-state index in [1.165, 1.54) is 24.0 Å². The van der Waals surface area contributed by atoms with E-state index in [2.05, 4.69) is 19.1 Å². The van der Waals surface area contributed by atoms with E-state index in [1.807, 2.05) is 6.07 Å². The van der Waals surface area contributed by atoms with Crippen LogP contribution < -0.4 is 10.5 Å². The minimum absolute atomic E-state index is 0.404. The average molecular weight is 219 g/mol. The van der Waals surface area contributed by atoms with Gasteiger partial charge in [0.15, 0.2) is 0 Å². The molecule has 2 heteroatoms. The zero-order valence-electron chi connectivity index (χ0n) is 10.2. The molecule has 0 bridgehead atoms. The topological polar surface area (TPSA) is 35.2 Å². The number of benzene rings is 1. The molecule has 2 rings (SSSR count). The monoisotopic (exact) mass is 219 g/mol. The van der Waals surface area contributed by atoms with Gasteiger partial charge in [-0.3, -0.25) is 0 Å². The molecule has 1 aromatic rings. The number of nitrogens with two attached hydrogens (primary N) is 1. The highest BCUT2D eigenvalue weighted by Crippen LogP contribution is 2.33. The molecule has 16 heavy (non-hydrogen) atoms. The number of hydrogen-bond donors (Lipinski definition) is 1. The minimum atomic E-state index is 0.404. The molecule has 0 aromatic heterocycles. The van der Waals surface area contributed by atoms with Gasteiger partial charge in [-0.25, -0.2) is 0 Å². The summed E-state index contributed by atoms with van der Waals surface area (Å²) in [5.74, 6) is 1.74. The second-order valence-electron chi connectivity index (χ2n) is 4.83. The predicted octanol–water partition coefficient (Wildman–Crippen LogP) is 2.67. The number of hydrogen-bond acceptors (Lipinski definition) is 2. The van der Waals surface area contributed by atoms with E-state index in [9.17, 15) is 0 Å². The number of aryl methyl sites for hydroxylation is 2. The molecule has 1 unspecified atom stereocenters. The number of rotatable bonds is 5. The molecule has 0 spiro atoms. The van der Waals surface area contributed by atoms with Crippen LogP contribution in [0.5, 0.6) is 5.75 Å². The molecule has 1 saturated carbocycles. The highest BCUT2D eigenvalue weighted by molar-refractivity contribution is 5.34. The summed E-state index contributed by atoms with van der Waals surface area (Å²) in [4.78, 5) is 0. The Kier molecular flexibility index (Phi) is 3.49. The quantitative estimate of drug-likeness (QED) is 0.826. The molecule has 1 fully saturated rings. The van der Waals surface area contributed by atoms with Crippen LogP contribution in [0.25, 0.3) is 0 Å². The van der Waals surface area contributed by atoms with Crippen LogP contribution in [0.4, 0.5) is 0 Å². The zero-order chi connectivity index (χ0) is 11.5. The van der Waals surface area contributed by atoms with Crippen molar-refractivity contribution in [3.05, 3.63) is 29.3 Å². The third kappa shape index (κ3) is 2.76.